The number of hydrogen-bond donors (Lipinski definition) is 1. The van der Waals surface area contributed by atoms with Gasteiger partial charge < -0.3 is 9.57 Å². The van der Waals surface area contributed by atoms with E-state index in [1.807, 2.05) is 5.48 Å². The summed E-state index contributed by atoms with van der Waals surface area (Å²) in [5.41, 5.74) is 1.52. The fourth-order valence-corrected chi connectivity index (χ4v) is 1.09. The second-order valence-electron chi connectivity index (χ2n) is 4.85. The number of alkyl halides is 1. The van der Waals surface area contributed by atoms with Gasteiger partial charge in [-0.3, -0.25) is 4.79 Å². The third kappa shape index (κ3) is 4.57. The maximum absolute atomic E-state index is 12.0. The minimum Gasteiger partial charge on any atom is -0.463 e. The maximum atomic E-state index is 12.0. The molecule has 1 aromatic rings. The van der Waals surface area contributed by atoms with Crippen LogP contribution in [0.4, 0.5) is 4.39 Å². The lowest BCUT2D eigenvalue weighted by atomic mass is 9.98. The van der Waals surface area contributed by atoms with Crippen molar-refractivity contribution >= 4 is 11.9 Å². The van der Waals surface area contributed by atoms with Crippen molar-refractivity contribution in [2.45, 2.75) is 20.8 Å². The lowest BCUT2D eigenvalue weighted by molar-refractivity contribution is -0.158. The van der Waals surface area contributed by atoms with Crippen LogP contribution < -0.4 is 10.2 Å². The molecule has 0 saturated carbocycles. The number of amides is 1. The largest absolute Gasteiger partial charge is 0.463 e. The summed E-state index contributed by atoms with van der Waals surface area (Å²) in [7, 11) is 0. The average molecular weight is 269 g/mol. The summed E-state index contributed by atoms with van der Waals surface area (Å²) in [5.74, 6) is -0.948. The second kappa shape index (κ2) is 6.17. The smallest absolute Gasteiger partial charge is 0.337 e. The van der Waals surface area contributed by atoms with Crippen molar-refractivity contribution in [2.24, 2.45) is 5.41 Å². The molecule has 0 spiro atoms. The zero-order valence-corrected chi connectivity index (χ0v) is 11.0. The molecule has 0 aliphatic rings. The second-order valence-corrected chi connectivity index (χ2v) is 4.85. The molecule has 19 heavy (non-hydrogen) atoms. The van der Waals surface area contributed by atoms with Crippen molar-refractivity contribution in [3.05, 3.63) is 29.8 Å². The van der Waals surface area contributed by atoms with Crippen molar-refractivity contribution in [1.29, 1.82) is 0 Å². The first-order chi connectivity index (χ1) is 8.84. The lowest BCUT2D eigenvalue weighted by Gasteiger charge is -2.16. The summed E-state index contributed by atoms with van der Waals surface area (Å²) in [6.45, 7) is 4.01. The Balaban J connectivity index is 2.63. The van der Waals surface area contributed by atoms with E-state index in [1.54, 1.807) is 20.8 Å². The number of benzene rings is 1. The van der Waals surface area contributed by atoms with Crippen LogP contribution in [0.1, 0.15) is 31.1 Å². The average Bonchev–Trinajstić information content (AvgIpc) is 2.35. The van der Waals surface area contributed by atoms with Gasteiger partial charge in [0.05, 0.1) is 5.41 Å². The van der Waals surface area contributed by atoms with E-state index in [0.717, 1.165) is 0 Å². The van der Waals surface area contributed by atoms with Gasteiger partial charge in [-0.1, -0.05) is 6.07 Å². The highest BCUT2D eigenvalue weighted by molar-refractivity contribution is 5.94. The fraction of sp³-hybridized carbons (Fsp3) is 0.385. The van der Waals surface area contributed by atoms with Crippen LogP contribution in [0.3, 0.4) is 0 Å². The highest BCUT2D eigenvalue weighted by atomic mass is 19.1. The van der Waals surface area contributed by atoms with Crippen LogP contribution in [-0.4, -0.2) is 18.7 Å². The van der Waals surface area contributed by atoms with Crippen LogP contribution in [0, 0.1) is 5.41 Å². The SMILES string of the molecule is CC(C)(C)C(=O)ONC(=O)c1cccc(OCF)c1. The van der Waals surface area contributed by atoms with E-state index in [0.29, 0.717) is 0 Å². The van der Waals surface area contributed by atoms with E-state index >= 15 is 0 Å². The van der Waals surface area contributed by atoms with Gasteiger partial charge in [-0.25, -0.2) is 9.18 Å². The lowest BCUT2D eigenvalue weighted by Crippen LogP contribution is -2.33. The molecule has 5 nitrogen and oxygen atoms in total. The molecule has 0 aliphatic heterocycles. The molecule has 0 aromatic heterocycles. The number of ether oxygens (including phenoxy) is 1. The van der Waals surface area contributed by atoms with Gasteiger partial charge in [0.15, 0.2) is 0 Å². The Morgan fingerprint density at radius 1 is 1.32 bits per heavy atom. The molecule has 0 saturated heterocycles. The Labute approximate surface area is 110 Å². The standard InChI is InChI=1S/C13H16FNO4/c1-13(2,3)12(17)19-15-11(16)9-5-4-6-10(7-9)18-8-14/h4-7H,8H2,1-3H3,(H,15,16). The summed E-state index contributed by atoms with van der Waals surface area (Å²) in [6, 6.07) is 5.88. The van der Waals surface area contributed by atoms with Crippen LogP contribution in [0.5, 0.6) is 5.75 Å². The number of halogens is 1. The van der Waals surface area contributed by atoms with Crippen LogP contribution in [0.25, 0.3) is 0 Å². The first-order valence-electron chi connectivity index (χ1n) is 5.65. The predicted molar refractivity (Wildman–Crippen MR) is 66.1 cm³/mol. The van der Waals surface area contributed by atoms with Gasteiger partial charge in [0, 0.05) is 5.56 Å². The number of carbonyl (C=O) groups excluding carboxylic acids is 2. The zero-order chi connectivity index (χ0) is 14.5. The molecule has 1 rings (SSSR count). The Morgan fingerprint density at radius 2 is 2.00 bits per heavy atom. The molecule has 0 atom stereocenters. The summed E-state index contributed by atoms with van der Waals surface area (Å²) >= 11 is 0. The van der Waals surface area contributed by atoms with E-state index in [4.69, 9.17) is 0 Å². The first-order valence-corrected chi connectivity index (χ1v) is 5.65. The van der Waals surface area contributed by atoms with Crippen LogP contribution >= 0.6 is 0 Å². The Bertz CT molecular complexity index is 468. The highest BCUT2D eigenvalue weighted by Gasteiger charge is 2.24. The molecule has 1 amide bonds. The Morgan fingerprint density at radius 3 is 2.58 bits per heavy atom. The van der Waals surface area contributed by atoms with Crippen molar-refractivity contribution in [1.82, 2.24) is 5.48 Å². The maximum Gasteiger partial charge on any atom is 0.337 e. The summed E-state index contributed by atoms with van der Waals surface area (Å²) in [6.07, 6.45) is 0. The summed E-state index contributed by atoms with van der Waals surface area (Å²) in [5, 5.41) is 0. The predicted octanol–water partition coefficient (Wildman–Crippen LogP) is 2.23. The number of rotatable bonds is 3. The minimum atomic E-state index is -0.982. The number of hydrogen-bond acceptors (Lipinski definition) is 4. The zero-order valence-electron chi connectivity index (χ0n) is 11.0. The van der Waals surface area contributed by atoms with Gasteiger partial charge in [0.25, 0.3) is 5.91 Å². The molecular formula is C13H16FNO4. The molecule has 0 aliphatic carbocycles. The number of carbonyl (C=O) groups is 2. The van der Waals surface area contributed by atoms with Gasteiger partial charge in [-0.2, -0.15) is 5.48 Å². The molecule has 0 radical (unpaired) electrons. The van der Waals surface area contributed by atoms with Gasteiger partial charge in [-0.15, -0.1) is 0 Å². The molecule has 0 fully saturated rings. The fourth-order valence-electron chi connectivity index (χ4n) is 1.09. The van der Waals surface area contributed by atoms with E-state index in [-0.39, 0.29) is 11.3 Å². The Kier molecular flexibility index (Phi) is 4.86. The van der Waals surface area contributed by atoms with Crippen molar-refractivity contribution in [3.63, 3.8) is 0 Å². The van der Waals surface area contributed by atoms with Crippen LogP contribution in [-0.2, 0) is 9.63 Å². The molecule has 0 heterocycles. The van der Waals surface area contributed by atoms with E-state index in [9.17, 15) is 14.0 Å². The quantitative estimate of drug-likeness (QED) is 0.854. The van der Waals surface area contributed by atoms with Crippen LogP contribution in [0.15, 0.2) is 24.3 Å². The highest BCUT2D eigenvalue weighted by Crippen LogP contribution is 2.15. The molecule has 104 valence electrons. The normalized spacial score (nSPS) is 10.7. The molecule has 6 heteroatoms. The van der Waals surface area contributed by atoms with Crippen molar-refractivity contribution in [2.75, 3.05) is 6.86 Å². The minimum absolute atomic E-state index is 0.202. The monoisotopic (exact) mass is 269 g/mol. The van der Waals surface area contributed by atoms with E-state index in [2.05, 4.69) is 9.57 Å². The van der Waals surface area contributed by atoms with Gasteiger partial charge in [-0.05, 0) is 39.0 Å². The van der Waals surface area contributed by atoms with Crippen molar-refractivity contribution < 1.29 is 23.6 Å². The molecule has 1 aromatic carbocycles. The van der Waals surface area contributed by atoms with Crippen molar-refractivity contribution in [3.8, 4) is 5.75 Å². The topological polar surface area (TPSA) is 64.6 Å². The first kappa shape index (κ1) is 14.9. The third-order valence-corrected chi connectivity index (χ3v) is 2.17. The molecule has 0 unspecified atom stereocenters. The van der Waals surface area contributed by atoms with Gasteiger partial charge >= 0.3 is 5.97 Å². The summed E-state index contributed by atoms with van der Waals surface area (Å²) in [4.78, 5) is 27.8. The number of nitrogens with one attached hydrogen (secondary N) is 1. The van der Waals surface area contributed by atoms with Gasteiger partial charge in [0.1, 0.15) is 5.75 Å². The molecular weight excluding hydrogens is 253 g/mol. The third-order valence-electron chi connectivity index (χ3n) is 2.17. The van der Waals surface area contributed by atoms with E-state index in [1.165, 1.54) is 24.3 Å². The number of hydroxylamine groups is 1. The van der Waals surface area contributed by atoms with Gasteiger partial charge in [0.2, 0.25) is 6.86 Å². The molecule has 0 bridgehead atoms. The summed E-state index contributed by atoms with van der Waals surface area (Å²) < 4.78 is 16.6. The van der Waals surface area contributed by atoms with E-state index < -0.39 is 24.2 Å². The molecule has 1 N–H and O–H groups in total. The Hall–Kier alpha value is -2.11. The van der Waals surface area contributed by atoms with Crippen LogP contribution in [0.2, 0.25) is 0 Å².